The van der Waals surface area contributed by atoms with Gasteiger partial charge in [0.2, 0.25) is 0 Å². The average molecular weight is 391 g/mol. The minimum atomic E-state index is -1.19. The summed E-state index contributed by atoms with van der Waals surface area (Å²) < 4.78 is 13.6. The molecule has 0 aliphatic carbocycles. The number of nitrogens with zero attached hydrogens (tertiary/aromatic N) is 1. The van der Waals surface area contributed by atoms with Gasteiger partial charge in [-0.05, 0) is 36.1 Å². The van der Waals surface area contributed by atoms with Crippen molar-refractivity contribution >= 4 is 5.97 Å². The third kappa shape index (κ3) is 2.63. The van der Waals surface area contributed by atoms with Gasteiger partial charge in [0.15, 0.2) is 5.43 Å². The van der Waals surface area contributed by atoms with E-state index in [2.05, 4.69) is 19.9 Å². The number of benzene rings is 1. The number of hydrogen-bond acceptors (Lipinski definition) is 4. The smallest absolute Gasteiger partial charge is 0.341 e. The summed E-state index contributed by atoms with van der Waals surface area (Å²) >= 11 is 0. The molecule has 0 fully saturated rings. The highest BCUT2D eigenvalue weighted by molar-refractivity contribution is 5.88. The molecule has 0 saturated heterocycles. The highest BCUT2D eigenvalue weighted by atomic mass is 16.5. The van der Waals surface area contributed by atoms with E-state index in [9.17, 15) is 14.7 Å². The highest BCUT2D eigenvalue weighted by Gasteiger charge is 2.33. The van der Waals surface area contributed by atoms with Crippen LogP contribution < -0.4 is 10.2 Å². The highest BCUT2D eigenvalue weighted by Crippen LogP contribution is 2.48. The number of ether oxygens (including phenoxy) is 1. The van der Waals surface area contributed by atoms with Crippen molar-refractivity contribution in [2.45, 2.75) is 32.7 Å². The Morgan fingerprint density at radius 2 is 2.14 bits per heavy atom. The van der Waals surface area contributed by atoms with Gasteiger partial charge in [-0.1, -0.05) is 13.8 Å². The van der Waals surface area contributed by atoms with Gasteiger partial charge >= 0.3 is 5.97 Å². The summed E-state index contributed by atoms with van der Waals surface area (Å²) in [5, 5.41) is 9.44. The normalized spacial score (nSPS) is 16.9. The van der Waals surface area contributed by atoms with Crippen molar-refractivity contribution in [3.63, 3.8) is 0 Å². The minimum Gasteiger partial charge on any atom is -0.492 e. The van der Waals surface area contributed by atoms with Gasteiger partial charge in [0.1, 0.15) is 17.1 Å². The first kappa shape index (κ1) is 17.8. The Kier molecular flexibility index (Phi) is 3.91. The lowest BCUT2D eigenvalue weighted by molar-refractivity contribution is 0.0694. The lowest BCUT2D eigenvalue weighted by atomic mass is 9.83. The lowest BCUT2D eigenvalue weighted by Crippen LogP contribution is -2.28. The second kappa shape index (κ2) is 6.37. The fourth-order valence-electron chi connectivity index (χ4n) is 4.60. The van der Waals surface area contributed by atoms with Gasteiger partial charge in [-0.2, -0.15) is 0 Å². The minimum absolute atomic E-state index is 0.0565. The summed E-state index contributed by atoms with van der Waals surface area (Å²) in [4.78, 5) is 24.1. The third-order valence-electron chi connectivity index (χ3n) is 5.97. The molecule has 29 heavy (non-hydrogen) atoms. The second-order valence-corrected chi connectivity index (χ2v) is 8.01. The van der Waals surface area contributed by atoms with Crippen molar-refractivity contribution in [2.75, 3.05) is 6.61 Å². The zero-order chi connectivity index (χ0) is 20.3. The van der Waals surface area contributed by atoms with Crippen LogP contribution in [0.2, 0.25) is 0 Å². The molecule has 0 spiro atoms. The number of pyridine rings is 1. The molecule has 3 aromatic rings. The second-order valence-electron chi connectivity index (χ2n) is 8.01. The maximum absolute atomic E-state index is 12.5. The van der Waals surface area contributed by atoms with Crippen molar-refractivity contribution in [1.29, 1.82) is 0 Å². The summed E-state index contributed by atoms with van der Waals surface area (Å²) in [7, 11) is 0. The molecule has 6 nitrogen and oxygen atoms in total. The quantitative estimate of drug-likeness (QED) is 0.725. The van der Waals surface area contributed by atoms with Crippen LogP contribution in [0.15, 0.2) is 45.9 Å². The molecule has 0 radical (unpaired) electrons. The van der Waals surface area contributed by atoms with Crippen LogP contribution in [0.1, 0.15) is 41.4 Å². The maximum Gasteiger partial charge on any atom is 0.341 e. The van der Waals surface area contributed by atoms with Crippen LogP contribution in [-0.4, -0.2) is 22.2 Å². The number of rotatable bonds is 3. The molecule has 1 unspecified atom stereocenters. The monoisotopic (exact) mass is 391 g/mol. The first-order valence-electron chi connectivity index (χ1n) is 9.81. The summed E-state index contributed by atoms with van der Waals surface area (Å²) in [5.74, 6) is 0.627. The van der Waals surface area contributed by atoms with Crippen LogP contribution in [0.4, 0.5) is 0 Å². The van der Waals surface area contributed by atoms with Crippen LogP contribution in [0.5, 0.6) is 5.75 Å². The summed E-state index contributed by atoms with van der Waals surface area (Å²) in [5.41, 5.74) is 4.24. The standard InChI is InChI=1S/C23H21NO5/c1-12(2)17-9-13-8-15(20-4-3-6-28-20)22-14(5-7-29-22)21(13)18-10-19(25)16(23(26)27)11-24(17)18/h3-4,6,8,10-12,17H,5,7,9H2,1-2H3,(H,26,27). The molecule has 4 heterocycles. The van der Waals surface area contributed by atoms with Crippen LogP contribution in [0.3, 0.4) is 0 Å². The van der Waals surface area contributed by atoms with Crippen molar-refractivity contribution in [1.82, 2.24) is 4.57 Å². The van der Waals surface area contributed by atoms with Crippen molar-refractivity contribution in [3.8, 4) is 28.3 Å². The van der Waals surface area contributed by atoms with E-state index in [1.165, 1.54) is 12.3 Å². The molecule has 2 aliphatic heterocycles. The first-order chi connectivity index (χ1) is 14.0. The Morgan fingerprint density at radius 3 is 2.83 bits per heavy atom. The van der Waals surface area contributed by atoms with E-state index in [-0.39, 0.29) is 17.5 Å². The van der Waals surface area contributed by atoms with E-state index in [4.69, 9.17) is 9.15 Å². The summed E-state index contributed by atoms with van der Waals surface area (Å²) in [6, 6.07) is 7.41. The van der Waals surface area contributed by atoms with Gasteiger partial charge in [0, 0.05) is 35.9 Å². The Labute approximate surface area is 167 Å². The molecule has 2 aromatic heterocycles. The molecule has 0 bridgehead atoms. The molecule has 148 valence electrons. The van der Waals surface area contributed by atoms with Gasteiger partial charge in [0.05, 0.1) is 24.1 Å². The Morgan fingerprint density at radius 1 is 1.31 bits per heavy atom. The molecule has 1 atom stereocenters. The molecular formula is C23H21NO5. The van der Waals surface area contributed by atoms with E-state index in [0.29, 0.717) is 6.61 Å². The van der Waals surface area contributed by atoms with Crippen LogP contribution in [-0.2, 0) is 12.8 Å². The fourth-order valence-corrected chi connectivity index (χ4v) is 4.60. The maximum atomic E-state index is 12.5. The van der Waals surface area contributed by atoms with Gasteiger partial charge in [-0.3, -0.25) is 4.79 Å². The molecule has 1 aromatic carbocycles. The zero-order valence-electron chi connectivity index (χ0n) is 16.3. The first-order valence-corrected chi connectivity index (χ1v) is 9.81. The van der Waals surface area contributed by atoms with Crippen LogP contribution >= 0.6 is 0 Å². The molecule has 5 rings (SSSR count). The van der Waals surface area contributed by atoms with Crippen LogP contribution in [0, 0.1) is 5.92 Å². The topological polar surface area (TPSA) is 81.7 Å². The molecule has 6 heteroatoms. The number of fused-ring (bicyclic) bond motifs is 5. The SMILES string of the molecule is CC(C)C1Cc2cc(-c3ccco3)c3c(c2-c2cc(=O)c(C(=O)O)cn21)CCO3. The number of furan rings is 1. The Hall–Kier alpha value is -3.28. The number of aromatic nitrogens is 1. The summed E-state index contributed by atoms with van der Waals surface area (Å²) in [6.07, 6.45) is 4.65. The van der Waals surface area contributed by atoms with Crippen molar-refractivity contribution in [2.24, 2.45) is 5.92 Å². The molecule has 0 saturated carbocycles. The number of carboxylic acids is 1. The third-order valence-corrected chi connectivity index (χ3v) is 5.97. The van der Waals surface area contributed by atoms with Crippen LogP contribution in [0.25, 0.3) is 22.6 Å². The average Bonchev–Trinajstić information content (AvgIpc) is 3.37. The van der Waals surface area contributed by atoms with Gasteiger partial charge in [-0.25, -0.2) is 4.79 Å². The van der Waals surface area contributed by atoms with E-state index >= 15 is 0 Å². The largest absolute Gasteiger partial charge is 0.492 e. The lowest BCUT2D eigenvalue weighted by Gasteiger charge is -2.34. The molecule has 2 aliphatic rings. The number of hydrogen-bond donors (Lipinski definition) is 1. The van der Waals surface area contributed by atoms with Gasteiger partial charge in [-0.15, -0.1) is 0 Å². The molecule has 1 N–H and O–H groups in total. The van der Waals surface area contributed by atoms with E-state index in [1.807, 2.05) is 16.7 Å². The number of aromatic carboxylic acids is 1. The van der Waals surface area contributed by atoms with E-state index in [1.54, 1.807) is 6.26 Å². The van der Waals surface area contributed by atoms with Crippen molar-refractivity contribution in [3.05, 3.63) is 63.6 Å². The number of carbonyl (C=O) groups is 1. The van der Waals surface area contributed by atoms with E-state index < -0.39 is 11.4 Å². The van der Waals surface area contributed by atoms with E-state index in [0.717, 1.165) is 52.3 Å². The van der Waals surface area contributed by atoms with Crippen molar-refractivity contribution < 1.29 is 19.1 Å². The Balaban J connectivity index is 1.82. The van der Waals surface area contributed by atoms with Gasteiger partial charge in [0.25, 0.3) is 0 Å². The molecule has 0 amide bonds. The predicted molar refractivity (Wildman–Crippen MR) is 108 cm³/mol. The summed E-state index contributed by atoms with van der Waals surface area (Å²) in [6.45, 7) is 4.80. The zero-order valence-corrected chi connectivity index (χ0v) is 16.3. The number of carboxylic acid groups (broad SMARTS) is 1. The van der Waals surface area contributed by atoms with Gasteiger partial charge < -0.3 is 18.8 Å². The fraction of sp³-hybridized carbons (Fsp3) is 0.304. The Bertz CT molecular complexity index is 1190. The predicted octanol–water partition coefficient (Wildman–Crippen LogP) is 4.16. The molecular weight excluding hydrogens is 370 g/mol.